The zero-order valence-corrected chi connectivity index (χ0v) is 16.8. The van der Waals surface area contributed by atoms with Crippen LogP contribution < -0.4 is 0 Å². The minimum absolute atomic E-state index is 0.115. The average molecular weight is 375 g/mol. The van der Waals surface area contributed by atoms with Gasteiger partial charge >= 0.3 is 0 Å². The van der Waals surface area contributed by atoms with Gasteiger partial charge in [0, 0.05) is 10.9 Å². The summed E-state index contributed by atoms with van der Waals surface area (Å²) in [7, 11) is 0. The van der Waals surface area contributed by atoms with Crippen molar-refractivity contribution in [3.8, 4) is 22.5 Å². The number of carbonyl (C=O) groups is 1. The molecule has 0 atom stereocenters. The summed E-state index contributed by atoms with van der Waals surface area (Å²) in [5.41, 5.74) is 6.99. The Labute approximate surface area is 163 Å². The van der Waals surface area contributed by atoms with Crippen LogP contribution in [0, 0.1) is 6.92 Å². The maximum Gasteiger partial charge on any atom is 0.195 e. The van der Waals surface area contributed by atoms with E-state index < -0.39 is 0 Å². The molecule has 0 saturated heterocycles. The van der Waals surface area contributed by atoms with Crippen LogP contribution in [0.2, 0.25) is 0 Å². The van der Waals surface area contributed by atoms with Gasteiger partial charge < -0.3 is 0 Å². The molecule has 0 unspecified atom stereocenters. The van der Waals surface area contributed by atoms with E-state index in [1.54, 1.807) is 11.3 Å². The standard InChI is InChI=1S/C23H22N2OS/c1-15-5-7-17(8-6-15)21-19(13-26)25-20(14-27-22(25)24-21)16-9-11-18(12-10-16)23(2,3)4/h5-14H,1-4H3. The fourth-order valence-corrected chi connectivity index (χ4v) is 4.16. The van der Waals surface area contributed by atoms with Crippen LogP contribution in [0.3, 0.4) is 0 Å². The Hall–Kier alpha value is -2.72. The summed E-state index contributed by atoms with van der Waals surface area (Å²) >= 11 is 1.56. The first-order valence-electron chi connectivity index (χ1n) is 9.01. The molecule has 2 heterocycles. The van der Waals surface area contributed by atoms with E-state index in [0.29, 0.717) is 5.69 Å². The van der Waals surface area contributed by atoms with Crippen LogP contribution >= 0.6 is 11.3 Å². The van der Waals surface area contributed by atoms with Crippen molar-refractivity contribution >= 4 is 22.6 Å². The number of aldehydes is 1. The molecule has 0 aliphatic heterocycles. The Morgan fingerprint density at radius 2 is 1.59 bits per heavy atom. The molecule has 0 N–H and O–H groups in total. The number of imidazole rings is 1. The molecule has 4 aromatic rings. The van der Waals surface area contributed by atoms with Gasteiger partial charge in [0.15, 0.2) is 11.2 Å². The number of aromatic nitrogens is 2. The van der Waals surface area contributed by atoms with Gasteiger partial charge in [-0.05, 0) is 23.5 Å². The van der Waals surface area contributed by atoms with Crippen LogP contribution in [0.5, 0.6) is 0 Å². The predicted octanol–water partition coefficient (Wildman–Crippen LogP) is 6.15. The number of rotatable bonds is 3. The lowest BCUT2D eigenvalue weighted by atomic mass is 9.86. The Morgan fingerprint density at radius 3 is 2.19 bits per heavy atom. The van der Waals surface area contributed by atoms with Crippen molar-refractivity contribution in [2.24, 2.45) is 0 Å². The highest BCUT2D eigenvalue weighted by Gasteiger charge is 2.19. The van der Waals surface area contributed by atoms with Crippen LogP contribution in [0.25, 0.3) is 27.5 Å². The average Bonchev–Trinajstić information content (AvgIpc) is 3.20. The molecule has 2 aromatic heterocycles. The van der Waals surface area contributed by atoms with E-state index in [9.17, 15) is 4.79 Å². The van der Waals surface area contributed by atoms with E-state index in [2.05, 4.69) is 57.3 Å². The van der Waals surface area contributed by atoms with Gasteiger partial charge in [-0.2, -0.15) is 0 Å². The molecule has 0 aliphatic carbocycles. The van der Waals surface area contributed by atoms with Gasteiger partial charge in [0.1, 0.15) is 11.4 Å². The van der Waals surface area contributed by atoms with E-state index >= 15 is 0 Å². The van der Waals surface area contributed by atoms with E-state index in [1.807, 2.05) is 28.7 Å². The topological polar surface area (TPSA) is 34.4 Å². The predicted molar refractivity (Wildman–Crippen MR) is 113 cm³/mol. The van der Waals surface area contributed by atoms with Crippen LogP contribution in [-0.2, 0) is 5.41 Å². The first kappa shape index (κ1) is 17.7. The zero-order chi connectivity index (χ0) is 19.2. The molecule has 136 valence electrons. The number of fused-ring (bicyclic) bond motifs is 1. The van der Waals surface area contributed by atoms with Gasteiger partial charge in [-0.25, -0.2) is 4.98 Å². The lowest BCUT2D eigenvalue weighted by molar-refractivity contribution is 0.111. The summed E-state index contributed by atoms with van der Waals surface area (Å²) < 4.78 is 1.97. The maximum atomic E-state index is 12.0. The molecular weight excluding hydrogens is 352 g/mol. The van der Waals surface area contributed by atoms with Crippen LogP contribution in [0.4, 0.5) is 0 Å². The number of aryl methyl sites for hydroxylation is 1. The molecule has 2 aromatic carbocycles. The van der Waals surface area contributed by atoms with Crippen molar-refractivity contribution < 1.29 is 4.79 Å². The largest absolute Gasteiger partial charge is 0.296 e. The lowest BCUT2D eigenvalue weighted by Gasteiger charge is -2.19. The summed E-state index contributed by atoms with van der Waals surface area (Å²) in [4.78, 5) is 17.5. The van der Waals surface area contributed by atoms with Gasteiger partial charge in [-0.3, -0.25) is 9.20 Å². The van der Waals surface area contributed by atoms with E-state index in [1.165, 1.54) is 11.1 Å². The third-order valence-electron chi connectivity index (χ3n) is 4.88. The summed E-state index contributed by atoms with van der Waals surface area (Å²) in [5.74, 6) is 0. The van der Waals surface area contributed by atoms with E-state index in [4.69, 9.17) is 4.98 Å². The number of hydrogen-bond acceptors (Lipinski definition) is 3. The summed E-state index contributed by atoms with van der Waals surface area (Å²) in [5, 5.41) is 2.07. The first-order chi connectivity index (χ1) is 12.9. The Kier molecular flexibility index (Phi) is 4.23. The van der Waals surface area contributed by atoms with Crippen molar-refractivity contribution in [3.63, 3.8) is 0 Å². The zero-order valence-electron chi connectivity index (χ0n) is 16.0. The molecule has 4 heteroatoms. The fourth-order valence-electron chi connectivity index (χ4n) is 3.26. The summed E-state index contributed by atoms with van der Waals surface area (Å²) in [6, 6.07) is 16.7. The molecule has 0 saturated carbocycles. The molecule has 4 rings (SSSR count). The highest BCUT2D eigenvalue weighted by atomic mass is 32.1. The smallest absolute Gasteiger partial charge is 0.195 e. The number of nitrogens with zero attached hydrogens (tertiary/aromatic N) is 2. The Bertz CT molecular complexity index is 1110. The molecule has 0 bridgehead atoms. The molecule has 0 spiro atoms. The lowest BCUT2D eigenvalue weighted by Crippen LogP contribution is -2.10. The molecule has 0 amide bonds. The second-order valence-electron chi connectivity index (χ2n) is 7.90. The van der Waals surface area contributed by atoms with Gasteiger partial charge in [0.2, 0.25) is 0 Å². The highest BCUT2D eigenvalue weighted by Crippen LogP contribution is 2.33. The van der Waals surface area contributed by atoms with Gasteiger partial charge in [-0.15, -0.1) is 11.3 Å². The summed E-state index contributed by atoms with van der Waals surface area (Å²) in [6.07, 6.45) is 0.912. The van der Waals surface area contributed by atoms with Gasteiger partial charge in [-0.1, -0.05) is 74.9 Å². The SMILES string of the molecule is Cc1ccc(-c2nc3scc(-c4ccc(C(C)(C)C)cc4)n3c2C=O)cc1. The second-order valence-corrected chi connectivity index (χ2v) is 8.73. The van der Waals surface area contributed by atoms with Crippen LogP contribution in [-0.4, -0.2) is 15.7 Å². The quantitative estimate of drug-likeness (QED) is 0.403. The molecule has 0 aliphatic rings. The molecule has 27 heavy (non-hydrogen) atoms. The van der Waals surface area contributed by atoms with Crippen molar-refractivity contribution in [1.29, 1.82) is 0 Å². The molecular formula is C23H22N2OS. The van der Waals surface area contributed by atoms with Crippen molar-refractivity contribution in [2.45, 2.75) is 33.1 Å². The third kappa shape index (κ3) is 3.10. The minimum Gasteiger partial charge on any atom is -0.296 e. The number of hydrogen-bond donors (Lipinski definition) is 0. The number of benzene rings is 2. The molecule has 0 radical (unpaired) electrons. The third-order valence-corrected chi connectivity index (χ3v) is 5.71. The van der Waals surface area contributed by atoms with Crippen LogP contribution in [0.1, 0.15) is 42.4 Å². The van der Waals surface area contributed by atoms with Gasteiger partial charge in [0.25, 0.3) is 0 Å². The number of thiazole rings is 1. The van der Waals surface area contributed by atoms with Gasteiger partial charge in [0.05, 0.1) is 5.69 Å². The molecule has 0 fully saturated rings. The number of carbonyl (C=O) groups excluding carboxylic acids is 1. The monoisotopic (exact) mass is 374 g/mol. The van der Waals surface area contributed by atoms with Crippen molar-refractivity contribution in [3.05, 3.63) is 70.7 Å². The second kappa shape index (κ2) is 6.46. The summed E-state index contributed by atoms with van der Waals surface area (Å²) in [6.45, 7) is 8.67. The fraction of sp³-hybridized carbons (Fsp3) is 0.217. The van der Waals surface area contributed by atoms with Crippen LogP contribution in [0.15, 0.2) is 53.9 Å². The highest BCUT2D eigenvalue weighted by molar-refractivity contribution is 7.15. The molecule has 3 nitrogen and oxygen atoms in total. The normalized spacial score (nSPS) is 11.9. The first-order valence-corrected chi connectivity index (χ1v) is 9.89. The van der Waals surface area contributed by atoms with Crippen molar-refractivity contribution in [1.82, 2.24) is 9.38 Å². The Morgan fingerprint density at radius 1 is 0.963 bits per heavy atom. The van der Waals surface area contributed by atoms with E-state index in [0.717, 1.165) is 33.8 Å². The van der Waals surface area contributed by atoms with E-state index in [-0.39, 0.29) is 5.41 Å². The minimum atomic E-state index is 0.115. The Balaban J connectivity index is 1.86. The van der Waals surface area contributed by atoms with Crippen molar-refractivity contribution in [2.75, 3.05) is 0 Å². The maximum absolute atomic E-state index is 12.0.